The second-order valence-corrected chi connectivity index (χ2v) is 12.5. The molecule has 9 heteroatoms. The molecule has 6 rings (SSSR count). The van der Waals surface area contributed by atoms with Crippen LogP contribution >= 0.6 is 0 Å². The van der Waals surface area contributed by atoms with Crippen LogP contribution in [-0.2, 0) is 40.2 Å². The Hall–Kier alpha value is -3.76. The van der Waals surface area contributed by atoms with E-state index in [0.29, 0.717) is 51.8 Å². The Morgan fingerprint density at radius 1 is 0.638 bits per heavy atom. The van der Waals surface area contributed by atoms with Crippen molar-refractivity contribution in [2.75, 3.05) is 37.6 Å². The molecule has 0 spiro atoms. The van der Waals surface area contributed by atoms with Gasteiger partial charge in [0.25, 0.3) is 0 Å². The monoisotopic (exact) mass is 645 g/mol. The van der Waals surface area contributed by atoms with Gasteiger partial charge in [-0.15, -0.1) is 0 Å². The number of alkyl halides is 3. The second-order valence-electron chi connectivity index (χ2n) is 12.5. The SMILES string of the molecule is FC(F)(F)c1cccc(N2CCC[C@H](CN3C[C@H](OCc4ccccc4)C(OCc4ccccc4)[C@H](OCc4ccccc4)C3)C2)n1. The zero-order chi connectivity index (χ0) is 32.5. The molecule has 2 aliphatic heterocycles. The van der Waals surface area contributed by atoms with Crippen molar-refractivity contribution in [2.24, 2.45) is 5.92 Å². The molecule has 3 heterocycles. The molecule has 2 aliphatic rings. The first-order chi connectivity index (χ1) is 22.9. The first-order valence-electron chi connectivity index (χ1n) is 16.4. The van der Waals surface area contributed by atoms with Gasteiger partial charge < -0.3 is 19.1 Å². The molecule has 6 nitrogen and oxygen atoms in total. The Kier molecular flexibility index (Phi) is 11.2. The lowest BCUT2D eigenvalue weighted by Gasteiger charge is -2.45. The minimum atomic E-state index is -4.47. The maximum absolute atomic E-state index is 13.4. The van der Waals surface area contributed by atoms with E-state index < -0.39 is 11.9 Å². The van der Waals surface area contributed by atoms with Gasteiger partial charge in [0.15, 0.2) is 0 Å². The minimum absolute atomic E-state index is 0.252. The van der Waals surface area contributed by atoms with E-state index in [1.54, 1.807) is 6.07 Å². The van der Waals surface area contributed by atoms with Gasteiger partial charge in [0.1, 0.15) is 17.6 Å². The molecule has 1 unspecified atom stereocenters. The predicted octanol–water partition coefficient (Wildman–Crippen LogP) is 7.39. The summed E-state index contributed by atoms with van der Waals surface area (Å²) in [6.45, 7) is 4.78. The molecule has 0 bridgehead atoms. The topological polar surface area (TPSA) is 47.1 Å². The number of anilines is 1. The molecule has 248 valence electrons. The maximum Gasteiger partial charge on any atom is 0.433 e. The summed E-state index contributed by atoms with van der Waals surface area (Å²) < 4.78 is 60.1. The second kappa shape index (κ2) is 15.9. The smallest absolute Gasteiger partial charge is 0.369 e. The number of hydrogen-bond donors (Lipinski definition) is 0. The molecule has 4 aromatic rings. The highest BCUT2D eigenvalue weighted by molar-refractivity contribution is 5.40. The van der Waals surface area contributed by atoms with E-state index in [1.807, 2.05) is 59.5 Å². The lowest BCUT2D eigenvalue weighted by atomic mass is 9.94. The average molecular weight is 646 g/mol. The fourth-order valence-corrected chi connectivity index (χ4v) is 6.56. The van der Waals surface area contributed by atoms with Crippen molar-refractivity contribution in [3.8, 4) is 0 Å². The molecule has 2 fully saturated rings. The number of pyridine rings is 1. The Bertz CT molecular complexity index is 1460. The van der Waals surface area contributed by atoms with Crippen LogP contribution in [0.2, 0.25) is 0 Å². The van der Waals surface area contributed by atoms with E-state index in [2.05, 4.69) is 46.3 Å². The largest absolute Gasteiger partial charge is 0.433 e. The molecule has 0 amide bonds. The summed E-state index contributed by atoms with van der Waals surface area (Å²) in [4.78, 5) is 8.35. The maximum atomic E-state index is 13.4. The molecule has 0 aliphatic carbocycles. The van der Waals surface area contributed by atoms with Crippen molar-refractivity contribution in [3.63, 3.8) is 0 Å². The summed E-state index contributed by atoms with van der Waals surface area (Å²) in [5, 5.41) is 0. The van der Waals surface area contributed by atoms with E-state index in [0.717, 1.165) is 42.1 Å². The zero-order valence-corrected chi connectivity index (χ0v) is 26.5. The highest BCUT2D eigenvalue weighted by Gasteiger charge is 2.40. The number of likely N-dealkylation sites (tertiary alicyclic amines) is 1. The lowest BCUT2D eigenvalue weighted by molar-refractivity contribution is -0.185. The molecule has 3 aromatic carbocycles. The number of benzene rings is 3. The Morgan fingerprint density at radius 3 is 1.70 bits per heavy atom. The van der Waals surface area contributed by atoms with Crippen LogP contribution in [0.3, 0.4) is 0 Å². The van der Waals surface area contributed by atoms with Gasteiger partial charge in [-0.1, -0.05) is 97.1 Å². The van der Waals surface area contributed by atoms with Crippen LogP contribution in [0.25, 0.3) is 0 Å². The van der Waals surface area contributed by atoms with Crippen LogP contribution < -0.4 is 4.90 Å². The molecule has 1 aromatic heterocycles. The highest BCUT2D eigenvalue weighted by Crippen LogP contribution is 2.31. The third kappa shape index (κ3) is 9.41. The summed E-state index contributed by atoms with van der Waals surface area (Å²) in [5.41, 5.74) is 2.41. The molecule has 0 radical (unpaired) electrons. The first-order valence-corrected chi connectivity index (χ1v) is 16.4. The van der Waals surface area contributed by atoms with Gasteiger partial charge in [0, 0.05) is 32.7 Å². The van der Waals surface area contributed by atoms with Gasteiger partial charge in [-0.25, -0.2) is 4.98 Å². The summed E-state index contributed by atoms with van der Waals surface area (Å²) >= 11 is 0. The number of halogens is 3. The van der Waals surface area contributed by atoms with E-state index in [4.69, 9.17) is 14.2 Å². The summed E-state index contributed by atoms with van der Waals surface area (Å²) in [5.74, 6) is 0.636. The number of hydrogen-bond acceptors (Lipinski definition) is 6. The Labute approximate surface area is 275 Å². The quantitative estimate of drug-likeness (QED) is 0.160. The highest BCUT2D eigenvalue weighted by atomic mass is 19.4. The van der Waals surface area contributed by atoms with Gasteiger partial charge in [0.05, 0.1) is 32.0 Å². The van der Waals surface area contributed by atoms with Gasteiger partial charge >= 0.3 is 6.18 Å². The normalized spacial score (nSPS) is 22.3. The molecular formula is C38H42F3N3O3. The van der Waals surface area contributed by atoms with E-state index in [-0.39, 0.29) is 24.2 Å². The van der Waals surface area contributed by atoms with Gasteiger partial charge in [-0.2, -0.15) is 13.2 Å². The summed E-state index contributed by atoms with van der Waals surface area (Å²) in [6, 6.07) is 34.5. The number of nitrogens with zero attached hydrogens (tertiary/aromatic N) is 3. The third-order valence-electron chi connectivity index (χ3n) is 8.89. The van der Waals surface area contributed by atoms with Crippen molar-refractivity contribution in [1.82, 2.24) is 9.88 Å². The van der Waals surface area contributed by atoms with Crippen LogP contribution in [0.5, 0.6) is 0 Å². The van der Waals surface area contributed by atoms with E-state index >= 15 is 0 Å². The molecule has 0 saturated carbocycles. The molecule has 2 saturated heterocycles. The molecule has 0 N–H and O–H groups in total. The summed E-state index contributed by atoms with van der Waals surface area (Å²) in [6.07, 6.45) is -3.39. The fourth-order valence-electron chi connectivity index (χ4n) is 6.56. The summed E-state index contributed by atoms with van der Waals surface area (Å²) in [7, 11) is 0. The van der Waals surface area contributed by atoms with Crippen molar-refractivity contribution in [3.05, 3.63) is 132 Å². The van der Waals surface area contributed by atoms with Crippen LogP contribution in [0.1, 0.15) is 35.2 Å². The van der Waals surface area contributed by atoms with Crippen LogP contribution in [0.15, 0.2) is 109 Å². The van der Waals surface area contributed by atoms with Gasteiger partial charge in [-0.3, -0.25) is 4.90 Å². The number of piperidine rings is 2. The van der Waals surface area contributed by atoms with Crippen molar-refractivity contribution in [2.45, 2.75) is 57.2 Å². The van der Waals surface area contributed by atoms with Gasteiger partial charge in [0.2, 0.25) is 0 Å². The first kappa shape index (κ1) is 33.2. The van der Waals surface area contributed by atoms with Crippen LogP contribution in [-0.4, -0.2) is 60.9 Å². The number of rotatable bonds is 12. The lowest BCUT2D eigenvalue weighted by Crippen LogP contribution is -2.59. The average Bonchev–Trinajstić information content (AvgIpc) is 3.10. The fraction of sp³-hybridized carbons (Fsp3) is 0.395. The molecule has 47 heavy (non-hydrogen) atoms. The van der Waals surface area contributed by atoms with Crippen molar-refractivity contribution < 1.29 is 27.4 Å². The predicted molar refractivity (Wildman–Crippen MR) is 176 cm³/mol. The number of ether oxygens (including phenoxy) is 3. The standard InChI is InChI=1S/C38H42F3N3O3/c39-38(40,41)35-19-10-20-36(42-35)44-21-11-18-32(23-44)22-43-24-33(45-26-29-12-4-1-5-13-29)37(47-28-31-16-8-3-9-17-31)34(25-43)46-27-30-14-6-2-7-15-30/h1-10,12-17,19-20,32-34,37H,11,18,21-28H2/t32-,33-,34+,37?/m1/s1. The third-order valence-corrected chi connectivity index (χ3v) is 8.89. The molecule has 4 atom stereocenters. The Balaban J connectivity index is 1.19. The molecular weight excluding hydrogens is 603 g/mol. The minimum Gasteiger partial charge on any atom is -0.369 e. The van der Waals surface area contributed by atoms with Crippen molar-refractivity contribution in [1.29, 1.82) is 0 Å². The van der Waals surface area contributed by atoms with E-state index in [1.165, 1.54) is 6.07 Å². The van der Waals surface area contributed by atoms with E-state index in [9.17, 15) is 13.2 Å². The Morgan fingerprint density at radius 2 is 1.17 bits per heavy atom. The van der Waals surface area contributed by atoms with Crippen LogP contribution in [0, 0.1) is 5.92 Å². The van der Waals surface area contributed by atoms with Crippen molar-refractivity contribution >= 4 is 5.82 Å². The number of aromatic nitrogens is 1. The van der Waals surface area contributed by atoms with Gasteiger partial charge in [-0.05, 0) is 47.6 Å². The zero-order valence-electron chi connectivity index (χ0n) is 26.5. The van der Waals surface area contributed by atoms with Crippen LogP contribution in [0.4, 0.5) is 19.0 Å².